The second-order valence-electron chi connectivity index (χ2n) is 8.18. The molecule has 0 unspecified atom stereocenters. The molecule has 6 nitrogen and oxygen atoms in total. The van der Waals surface area contributed by atoms with Gasteiger partial charge in [0.1, 0.15) is 11.5 Å². The second kappa shape index (κ2) is 13.4. The fourth-order valence-electron chi connectivity index (χ4n) is 3.78. The molecule has 182 valence electrons. The predicted octanol–water partition coefficient (Wildman–Crippen LogP) is 6.22. The van der Waals surface area contributed by atoms with E-state index in [1.165, 1.54) is 0 Å². The Morgan fingerprint density at radius 1 is 0.588 bits per heavy atom. The van der Waals surface area contributed by atoms with E-state index < -0.39 is 11.9 Å². The molecule has 0 bridgehead atoms. The number of unbranched alkanes of at least 4 members (excludes halogenated alkanes) is 4. The van der Waals surface area contributed by atoms with Gasteiger partial charge in [-0.3, -0.25) is 0 Å². The monoisotopic (exact) mass is 466 g/mol. The molecule has 3 aromatic carbocycles. The number of esters is 2. The van der Waals surface area contributed by atoms with Gasteiger partial charge in [0.25, 0.3) is 0 Å². The summed E-state index contributed by atoms with van der Waals surface area (Å²) in [5.41, 5.74) is 0. The van der Waals surface area contributed by atoms with Crippen LogP contribution < -0.4 is 9.47 Å². The molecule has 0 saturated carbocycles. The zero-order valence-electron chi connectivity index (χ0n) is 20.1. The molecule has 0 aliphatic rings. The molecule has 0 saturated heterocycles. The summed E-state index contributed by atoms with van der Waals surface area (Å²) in [6.45, 7) is 4.66. The van der Waals surface area contributed by atoms with Crippen molar-refractivity contribution in [2.45, 2.75) is 52.4 Å². The third-order valence-electron chi connectivity index (χ3n) is 5.52. The van der Waals surface area contributed by atoms with Crippen LogP contribution in [0.3, 0.4) is 0 Å². The minimum absolute atomic E-state index is 0.176. The molecule has 0 amide bonds. The lowest BCUT2D eigenvalue weighted by Gasteiger charge is -2.17. The Morgan fingerprint density at radius 2 is 0.941 bits per heavy atom. The minimum Gasteiger partial charge on any atom is -0.481 e. The fraction of sp³-hybridized carbons (Fsp3) is 0.429. The Balaban J connectivity index is 1.80. The average Bonchev–Trinajstić information content (AvgIpc) is 2.86. The highest BCUT2D eigenvalue weighted by Crippen LogP contribution is 2.42. The number of carbonyl (C=O) groups is 2. The van der Waals surface area contributed by atoms with Crippen LogP contribution in [0.5, 0.6) is 11.5 Å². The molecule has 0 aliphatic heterocycles. The smallest absolute Gasteiger partial charge is 0.344 e. The third kappa shape index (κ3) is 6.86. The zero-order chi connectivity index (χ0) is 24.2. The van der Waals surface area contributed by atoms with Gasteiger partial charge in [-0.25, -0.2) is 9.59 Å². The first-order valence-corrected chi connectivity index (χ1v) is 12.2. The van der Waals surface area contributed by atoms with E-state index in [1.807, 2.05) is 48.5 Å². The van der Waals surface area contributed by atoms with Crippen LogP contribution in [0.2, 0.25) is 0 Å². The lowest BCUT2D eigenvalue weighted by molar-refractivity contribution is -0.147. The van der Waals surface area contributed by atoms with Gasteiger partial charge in [0.05, 0.1) is 13.2 Å². The molecule has 0 atom stereocenters. The highest BCUT2D eigenvalue weighted by molar-refractivity contribution is 6.11. The maximum atomic E-state index is 12.2. The first-order chi connectivity index (χ1) is 16.7. The normalized spacial score (nSPS) is 10.9. The molecule has 0 spiro atoms. The van der Waals surface area contributed by atoms with E-state index in [0.717, 1.165) is 60.1 Å². The average molecular weight is 467 g/mol. The summed E-state index contributed by atoms with van der Waals surface area (Å²) in [6.07, 6.45) is 5.88. The van der Waals surface area contributed by atoms with Crippen molar-refractivity contribution in [1.82, 2.24) is 0 Å². The van der Waals surface area contributed by atoms with Crippen molar-refractivity contribution >= 4 is 33.5 Å². The first-order valence-electron chi connectivity index (χ1n) is 12.2. The van der Waals surface area contributed by atoms with Gasteiger partial charge in [-0.15, -0.1) is 0 Å². The van der Waals surface area contributed by atoms with E-state index in [0.29, 0.717) is 24.7 Å². The molecule has 0 N–H and O–H groups in total. The van der Waals surface area contributed by atoms with Crippen LogP contribution in [0, 0.1) is 0 Å². The molecule has 0 aromatic heterocycles. The van der Waals surface area contributed by atoms with Gasteiger partial charge in [0.2, 0.25) is 0 Å². The lowest BCUT2D eigenvalue weighted by Crippen LogP contribution is -2.17. The molecule has 0 fully saturated rings. The molecular formula is C28H34O6. The number of carbonyl (C=O) groups excluding carboxylic acids is 2. The summed E-state index contributed by atoms with van der Waals surface area (Å²) in [6, 6.07) is 15.3. The largest absolute Gasteiger partial charge is 0.481 e. The molecular weight excluding hydrogens is 432 g/mol. The molecule has 3 rings (SSSR count). The van der Waals surface area contributed by atoms with E-state index in [1.54, 1.807) is 0 Å². The summed E-state index contributed by atoms with van der Waals surface area (Å²) in [4.78, 5) is 24.4. The quantitative estimate of drug-likeness (QED) is 0.160. The standard InChI is InChI=1S/C28H34O6/c1-3-5-11-17-31-25(29)19-33-27-21-13-7-9-15-23(21)28(24-16-10-8-14-22(24)27)34-20-26(30)32-18-12-6-4-2/h7-10,13-16H,3-6,11-12,17-20H2,1-2H3. The SMILES string of the molecule is CCCCCOC(=O)COc1c2ccccc2c(OCC(=O)OCCCCC)c2ccccc12. The summed E-state index contributed by atoms with van der Waals surface area (Å²) < 4.78 is 22.5. The number of rotatable bonds is 14. The van der Waals surface area contributed by atoms with Gasteiger partial charge in [0, 0.05) is 21.5 Å². The number of ether oxygens (including phenoxy) is 4. The van der Waals surface area contributed by atoms with Crippen LogP contribution >= 0.6 is 0 Å². The minimum atomic E-state index is -0.393. The number of fused-ring (bicyclic) bond motifs is 2. The predicted molar refractivity (Wildman–Crippen MR) is 133 cm³/mol. The Labute approximate surface area is 201 Å². The maximum Gasteiger partial charge on any atom is 0.344 e. The van der Waals surface area contributed by atoms with E-state index in [2.05, 4.69) is 13.8 Å². The van der Waals surface area contributed by atoms with E-state index >= 15 is 0 Å². The molecule has 0 aliphatic carbocycles. The van der Waals surface area contributed by atoms with Crippen molar-refractivity contribution in [2.75, 3.05) is 26.4 Å². The Morgan fingerprint density at radius 3 is 1.26 bits per heavy atom. The molecule has 34 heavy (non-hydrogen) atoms. The van der Waals surface area contributed by atoms with Crippen molar-refractivity contribution in [3.05, 3.63) is 48.5 Å². The van der Waals surface area contributed by atoms with E-state index in [9.17, 15) is 9.59 Å². The maximum absolute atomic E-state index is 12.2. The number of hydrogen-bond acceptors (Lipinski definition) is 6. The van der Waals surface area contributed by atoms with Crippen LogP contribution in [-0.2, 0) is 19.1 Å². The van der Waals surface area contributed by atoms with Crippen LogP contribution in [0.25, 0.3) is 21.5 Å². The van der Waals surface area contributed by atoms with E-state index in [4.69, 9.17) is 18.9 Å². The van der Waals surface area contributed by atoms with Gasteiger partial charge >= 0.3 is 11.9 Å². The van der Waals surface area contributed by atoms with Crippen LogP contribution in [0.15, 0.2) is 48.5 Å². The van der Waals surface area contributed by atoms with E-state index in [-0.39, 0.29) is 13.2 Å². The summed E-state index contributed by atoms with van der Waals surface area (Å²) in [5.74, 6) is 0.392. The van der Waals surface area contributed by atoms with Gasteiger partial charge in [-0.05, 0) is 12.8 Å². The topological polar surface area (TPSA) is 71.1 Å². The van der Waals surface area contributed by atoms with Crippen LogP contribution in [0.4, 0.5) is 0 Å². The van der Waals surface area contributed by atoms with Crippen molar-refractivity contribution in [3.63, 3.8) is 0 Å². The second-order valence-corrected chi connectivity index (χ2v) is 8.18. The molecule has 0 heterocycles. The zero-order valence-corrected chi connectivity index (χ0v) is 20.1. The molecule has 3 aromatic rings. The summed E-state index contributed by atoms with van der Waals surface area (Å²) >= 11 is 0. The summed E-state index contributed by atoms with van der Waals surface area (Å²) in [5, 5.41) is 3.19. The van der Waals surface area contributed by atoms with Crippen molar-refractivity contribution < 1.29 is 28.5 Å². The van der Waals surface area contributed by atoms with Crippen LogP contribution in [0.1, 0.15) is 52.4 Å². The number of hydrogen-bond donors (Lipinski definition) is 0. The third-order valence-corrected chi connectivity index (χ3v) is 5.52. The highest BCUT2D eigenvalue weighted by Gasteiger charge is 2.18. The number of benzene rings is 3. The molecule has 0 radical (unpaired) electrons. The van der Waals surface area contributed by atoms with Crippen molar-refractivity contribution in [3.8, 4) is 11.5 Å². The Bertz CT molecular complexity index is 948. The highest BCUT2D eigenvalue weighted by atomic mass is 16.6. The van der Waals surface area contributed by atoms with Crippen molar-refractivity contribution in [2.24, 2.45) is 0 Å². The van der Waals surface area contributed by atoms with Crippen LogP contribution in [-0.4, -0.2) is 38.4 Å². The summed E-state index contributed by atoms with van der Waals surface area (Å²) in [7, 11) is 0. The Kier molecular flexibility index (Phi) is 10.0. The lowest BCUT2D eigenvalue weighted by atomic mass is 10.0. The molecule has 6 heteroatoms. The van der Waals surface area contributed by atoms with Gasteiger partial charge in [0.15, 0.2) is 13.2 Å². The van der Waals surface area contributed by atoms with Gasteiger partial charge < -0.3 is 18.9 Å². The fourth-order valence-corrected chi connectivity index (χ4v) is 3.78. The van der Waals surface area contributed by atoms with Gasteiger partial charge in [-0.2, -0.15) is 0 Å². The van der Waals surface area contributed by atoms with Gasteiger partial charge in [-0.1, -0.05) is 88.1 Å². The first kappa shape index (κ1) is 25.3. The Hall–Kier alpha value is -3.28. The van der Waals surface area contributed by atoms with Crippen molar-refractivity contribution in [1.29, 1.82) is 0 Å².